The van der Waals surface area contributed by atoms with Crippen molar-refractivity contribution in [2.45, 2.75) is 12.5 Å². The minimum absolute atomic E-state index is 0.254. The molecular formula is C16H12ClFOS. The number of rotatable bonds is 3. The van der Waals surface area contributed by atoms with Gasteiger partial charge in [0.25, 0.3) is 0 Å². The van der Waals surface area contributed by atoms with Crippen molar-refractivity contribution < 1.29 is 9.50 Å². The van der Waals surface area contributed by atoms with E-state index in [0.29, 0.717) is 11.4 Å². The molecule has 102 valence electrons. The lowest BCUT2D eigenvalue weighted by atomic mass is 10.1. The van der Waals surface area contributed by atoms with E-state index in [2.05, 4.69) is 0 Å². The smallest absolute Gasteiger partial charge is 0.124 e. The van der Waals surface area contributed by atoms with E-state index in [9.17, 15) is 9.50 Å². The molecule has 1 N–H and O–H groups in total. The van der Waals surface area contributed by atoms with Crippen LogP contribution in [0.2, 0.25) is 5.02 Å². The van der Waals surface area contributed by atoms with Crippen LogP contribution in [0.3, 0.4) is 0 Å². The quantitative estimate of drug-likeness (QED) is 0.724. The van der Waals surface area contributed by atoms with Gasteiger partial charge < -0.3 is 5.11 Å². The molecule has 1 nitrogen and oxygen atoms in total. The maximum atomic E-state index is 13.2. The van der Waals surface area contributed by atoms with E-state index < -0.39 is 6.10 Å². The molecule has 0 aliphatic carbocycles. The second kappa shape index (κ2) is 5.52. The minimum atomic E-state index is -0.603. The first-order chi connectivity index (χ1) is 9.61. The van der Waals surface area contributed by atoms with Crippen molar-refractivity contribution in [1.29, 1.82) is 0 Å². The van der Waals surface area contributed by atoms with E-state index in [1.165, 1.54) is 23.5 Å². The molecule has 1 unspecified atom stereocenters. The molecule has 1 atom stereocenters. The highest BCUT2D eigenvalue weighted by Gasteiger charge is 2.13. The molecule has 0 radical (unpaired) electrons. The fraction of sp³-hybridized carbons (Fsp3) is 0.125. The molecule has 2 aromatic carbocycles. The third-order valence-corrected chi connectivity index (χ3v) is 4.58. The van der Waals surface area contributed by atoms with Gasteiger partial charge in [-0.25, -0.2) is 4.39 Å². The van der Waals surface area contributed by atoms with Gasteiger partial charge in [-0.15, -0.1) is 11.3 Å². The predicted octanol–water partition coefficient (Wildman–Crippen LogP) is 4.97. The zero-order valence-electron chi connectivity index (χ0n) is 10.5. The average molecular weight is 307 g/mol. The van der Waals surface area contributed by atoms with Crippen LogP contribution in [0.4, 0.5) is 4.39 Å². The molecule has 0 saturated carbocycles. The largest absolute Gasteiger partial charge is 0.387 e. The van der Waals surface area contributed by atoms with Crippen LogP contribution in [-0.4, -0.2) is 5.11 Å². The Labute approximate surface area is 125 Å². The van der Waals surface area contributed by atoms with E-state index in [-0.39, 0.29) is 5.82 Å². The zero-order valence-corrected chi connectivity index (χ0v) is 12.1. The minimum Gasteiger partial charge on any atom is -0.387 e. The van der Waals surface area contributed by atoms with Gasteiger partial charge in [0, 0.05) is 21.0 Å². The van der Waals surface area contributed by atoms with Crippen molar-refractivity contribution in [3.8, 4) is 0 Å². The molecule has 1 heterocycles. The van der Waals surface area contributed by atoms with Crippen LogP contribution >= 0.6 is 22.9 Å². The molecule has 3 aromatic rings. The first kappa shape index (κ1) is 13.6. The fourth-order valence-electron chi connectivity index (χ4n) is 2.18. The number of hydrogen-bond donors (Lipinski definition) is 1. The van der Waals surface area contributed by atoms with E-state index in [1.54, 1.807) is 12.1 Å². The molecule has 0 aliphatic rings. The normalized spacial score (nSPS) is 12.8. The van der Waals surface area contributed by atoms with Gasteiger partial charge >= 0.3 is 0 Å². The second-order valence-electron chi connectivity index (χ2n) is 4.68. The summed E-state index contributed by atoms with van der Waals surface area (Å²) < 4.78 is 14.0. The number of aliphatic hydroxyl groups is 1. The van der Waals surface area contributed by atoms with Gasteiger partial charge in [-0.2, -0.15) is 0 Å². The molecule has 0 fully saturated rings. The Hall–Kier alpha value is -1.42. The zero-order chi connectivity index (χ0) is 14.1. The Morgan fingerprint density at radius 3 is 2.80 bits per heavy atom. The van der Waals surface area contributed by atoms with Crippen LogP contribution in [0.1, 0.15) is 16.5 Å². The molecule has 4 heteroatoms. The molecule has 0 amide bonds. The first-order valence-corrected chi connectivity index (χ1v) is 7.43. The number of fused-ring (bicyclic) bond motifs is 1. The van der Waals surface area contributed by atoms with Gasteiger partial charge in [0.05, 0.1) is 6.10 Å². The summed E-state index contributed by atoms with van der Waals surface area (Å²) in [5.74, 6) is -0.254. The van der Waals surface area contributed by atoms with Gasteiger partial charge in [0.1, 0.15) is 5.82 Å². The standard InChI is InChI=1S/C16H12ClFOS/c17-12-3-1-2-10(6-12)7-14(19)16-8-11-4-5-13(18)9-15(11)20-16/h1-6,8-9,14,19H,7H2. The molecule has 0 aliphatic heterocycles. The summed E-state index contributed by atoms with van der Waals surface area (Å²) in [7, 11) is 0. The molecule has 0 bridgehead atoms. The second-order valence-corrected chi connectivity index (χ2v) is 6.23. The van der Waals surface area contributed by atoms with E-state index in [4.69, 9.17) is 11.6 Å². The Morgan fingerprint density at radius 2 is 2.00 bits per heavy atom. The Balaban J connectivity index is 1.86. The highest BCUT2D eigenvalue weighted by molar-refractivity contribution is 7.19. The van der Waals surface area contributed by atoms with Gasteiger partial charge in [0.2, 0.25) is 0 Å². The Morgan fingerprint density at radius 1 is 1.15 bits per heavy atom. The molecule has 3 rings (SSSR count). The van der Waals surface area contributed by atoms with Gasteiger partial charge in [-0.3, -0.25) is 0 Å². The van der Waals surface area contributed by atoms with Crippen molar-refractivity contribution in [3.63, 3.8) is 0 Å². The number of halogens is 2. The first-order valence-electron chi connectivity index (χ1n) is 6.23. The van der Waals surface area contributed by atoms with Crippen molar-refractivity contribution >= 4 is 33.0 Å². The monoisotopic (exact) mass is 306 g/mol. The molecule has 1 aromatic heterocycles. The number of thiophene rings is 1. The van der Waals surface area contributed by atoms with Crippen LogP contribution in [0.5, 0.6) is 0 Å². The summed E-state index contributed by atoms with van der Waals surface area (Å²) >= 11 is 7.36. The summed E-state index contributed by atoms with van der Waals surface area (Å²) in [5.41, 5.74) is 0.980. The van der Waals surface area contributed by atoms with Crippen molar-refractivity contribution in [1.82, 2.24) is 0 Å². The lowest BCUT2D eigenvalue weighted by molar-refractivity contribution is 0.182. The van der Waals surface area contributed by atoms with Crippen LogP contribution in [-0.2, 0) is 6.42 Å². The lowest BCUT2D eigenvalue weighted by Gasteiger charge is -2.08. The topological polar surface area (TPSA) is 20.2 Å². The van der Waals surface area contributed by atoms with E-state index in [1.807, 2.05) is 24.3 Å². The average Bonchev–Trinajstić information content (AvgIpc) is 2.81. The third kappa shape index (κ3) is 2.85. The van der Waals surface area contributed by atoms with Crippen LogP contribution in [0.25, 0.3) is 10.1 Å². The molecule has 0 spiro atoms. The summed E-state index contributed by atoms with van der Waals surface area (Å²) in [6.45, 7) is 0. The highest BCUT2D eigenvalue weighted by Crippen LogP contribution is 2.32. The molecule has 20 heavy (non-hydrogen) atoms. The summed E-state index contributed by atoms with van der Waals surface area (Å²) in [6, 6.07) is 14.0. The van der Waals surface area contributed by atoms with Gasteiger partial charge in [-0.05, 0) is 41.3 Å². The van der Waals surface area contributed by atoms with E-state index >= 15 is 0 Å². The summed E-state index contributed by atoms with van der Waals surface area (Å²) in [5, 5.41) is 11.9. The lowest BCUT2D eigenvalue weighted by Crippen LogP contribution is -1.99. The maximum absolute atomic E-state index is 13.2. The van der Waals surface area contributed by atoms with Crippen LogP contribution in [0.15, 0.2) is 48.5 Å². The number of hydrogen-bond acceptors (Lipinski definition) is 2. The Kier molecular flexibility index (Phi) is 3.74. The summed E-state index contributed by atoms with van der Waals surface area (Å²) in [4.78, 5) is 0.838. The SMILES string of the molecule is OC(Cc1cccc(Cl)c1)c1cc2ccc(F)cc2s1. The third-order valence-electron chi connectivity index (χ3n) is 3.15. The molecular weight excluding hydrogens is 295 g/mol. The van der Waals surface area contributed by atoms with Crippen molar-refractivity contribution in [3.05, 3.63) is 69.8 Å². The Bertz CT molecular complexity index is 753. The van der Waals surface area contributed by atoms with Crippen LogP contribution < -0.4 is 0 Å². The number of benzene rings is 2. The fourth-order valence-corrected chi connectivity index (χ4v) is 3.47. The highest BCUT2D eigenvalue weighted by atomic mass is 35.5. The van der Waals surface area contributed by atoms with Crippen LogP contribution in [0, 0.1) is 5.82 Å². The van der Waals surface area contributed by atoms with Gasteiger partial charge in [-0.1, -0.05) is 29.8 Å². The van der Waals surface area contributed by atoms with E-state index in [0.717, 1.165) is 20.5 Å². The van der Waals surface area contributed by atoms with Crippen molar-refractivity contribution in [2.24, 2.45) is 0 Å². The predicted molar refractivity (Wildman–Crippen MR) is 81.9 cm³/mol. The number of aliphatic hydroxyl groups excluding tert-OH is 1. The van der Waals surface area contributed by atoms with Crippen molar-refractivity contribution in [2.75, 3.05) is 0 Å². The summed E-state index contributed by atoms with van der Waals surface area (Å²) in [6.07, 6.45) is -0.107. The maximum Gasteiger partial charge on any atom is 0.124 e. The molecule has 0 saturated heterocycles. The van der Waals surface area contributed by atoms with Gasteiger partial charge in [0.15, 0.2) is 0 Å².